The summed E-state index contributed by atoms with van der Waals surface area (Å²) >= 11 is 0. The standard InChI is InChI=1S/C10H19FN2/c1-13-5-2-9(6-13)12-8-10(7-11)3-4-10/h9,12H,2-8H2,1H3/t9-/m1/s1. The van der Waals surface area contributed by atoms with Gasteiger partial charge in [-0.25, -0.2) is 0 Å². The fraction of sp³-hybridized carbons (Fsp3) is 1.00. The minimum atomic E-state index is -0.136. The van der Waals surface area contributed by atoms with E-state index in [2.05, 4.69) is 17.3 Å². The average molecular weight is 186 g/mol. The Kier molecular flexibility index (Phi) is 2.56. The highest BCUT2D eigenvalue weighted by Gasteiger charge is 2.42. The van der Waals surface area contributed by atoms with E-state index in [1.807, 2.05) is 0 Å². The van der Waals surface area contributed by atoms with Crippen molar-refractivity contribution in [3.8, 4) is 0 Å². The van der Waals surface area contributed by atoms with E-state index in [0.717, 1.165) is 25.9 Å². The third kappa shape index (κ3) is 2.20. The molecule has 1 saturated heterocycles. The van der Waals surface area contributed by atoms with Crippen LogP contribution in [0.1, 0.15) is 19.3 Å². The second-order valence-electron chi connectivity index (χ2n) is 4.76. The van der Waals surface area contributed by atoms with Crippen molar-refractivity contribution in [3.05, 3.63) is 0 Å². The Bertz CT molecular complexity index is 180. The van der Waals surface area contributed by atoms with Crippen LogP contribution in [0.2, 0.25) is 0 Å². The van der Waals surface area contributed by atoms with Crippen LogP contribution in [-0.4, -0.2) is 44.3 Å². The first-order valence-corrected chi connectivity index (χ1v) is 5.22. The van der Waals surface area contributed by atoms with E-state index in [4.69, 9.17) is 0 Å². The largest absolute Gasteiger partial charge is 0.312 e. The van der Waals surface area contributed by atoms with Gasteiger partial charge in [-0.3, -0.25) is 4.39 Å². The molecule has 0 aromatic rings. The van der Waals surface area contributed by atoms with Crippen molar-refractivity contribution in [2.45, 2.75) is 25.3 Å². The van der Waals surface area contributed by atoms with E-state index in [1.54, 1.807) is 0 Å². The van der Waals surface area contributed by atoms with Crippen LogP contribution in [0.3, 0.4) is 0 Å². The zero-order valence-electron chi connectivity index (χ0n) is 8.35. The highest BCUT2D eigenvalue weighted by molar-refractivity contribution is 4.95. The molecular weight excluding hydrogens is 167 g/mol. The smallest absolute Gasteiger partial charge is 0.0962 e. The molecule has 1 atom stereocenters. The molecule has 2 aliphatic rings. The van der Waals surface area contributed by atoms with E-state index in [1.165, 1.54) is 13.0 Å². The molecule has 0 amide bonds. The summed E-state index contributed by atoms with van der Waals surface area (Å²) in [6.07, 6.45) is 3.39. The van der Waals surface area contributed by atoms with Crippen LogP contribution in [0.25, 0.3) is 0 Å². The van der Waals surface area contributed by atoms with Crippen molar-refractivity contribution in [1.29, 1.82) is 0 Å². The Labute approximate surface area is 79.5 Å². The summed E-state index contributed by atoms with van der Waals surface area (Å²) in [6.45, 7) is 3.06. The molecule has 0 unspecified atom stereocenters. The van der Waals surface area contributed by atoms with Crippen molar-refractivity contribution < 1.29 is 4.39 Å². The number of rotatable bonds is 4. The molecular formula is C10H19FN2. The van der Waals surface area contributed by atoms with E-state index >= 15 is 0 Å². The van der Waals surface area contributed by atoms with Crippen LogP contribution in [-0.2, 0) is 0 Å². The fourth-order valence-corrected chi connectivity index (χ4v) is 2.00. The van der Waals surface area contributed by atoms with Gasteiger partial charge in [-0.15, -0.1) is 0 Å². The molecule has 2 nitrogen and oxygen atoms in total. The first-order chi connectivity index (χ1) is 6.24. The van der Waals surface area contributed by atoms with Crippen molar-refractivity contribution in [1.82, 2.24) is 10.2 Å². The second-order valence-corrected chi connectivity index (χ2v) is 4.76. The Hall–Kier alpha value is -0.150. The molecule has 13 heavy (non-hydrogen) atoms. The van der Waals surface area contributed by atoms with Gasteiger partial charge in [0, 0.05) is 24.5 Å². The molecule has 0 radical (unpaired) electrons. The predicted molar refractivity (Wildman–Crippen MR) is 51.5 cm³/mol. The highest BCUT2D eigenvalue weighted by Crippen LogP contribution is 2.45. The van der Waals surface area contributed by atoms with Crippen LogP contribution in [0, 0.1) is 5.41 Å². The van der Waals surface area contributed by atoms with Gasteiger partial charge in [-0.05, 0) is 32.9 Å². The Morgan fingerprint density at radius 3 is 2.77 bits per heavy atom. The molecule has 1 saturated carbocycles. The summed E-state index contributed by atoms with van der Waals surface area (Å²) in [5.74, 6) is 0. The lowest BCUT2D eigenvalue weighted by Gasteiger charge is -2.16. The van der Waals surface area contributed by atoms with Crippen LogP contribution < -0.4 is 5.32 Å². The maximum Gasteiger partial charge on any atom is 0.0962 e. The molecule has 1 aliphatic heterocycles. The molecule has 2 rings (SSSR count). The minimum Gasteiger partial charge on any atom is -0.312 e. The highest BCUT2D eigenvalue weighted by atomic mass is 19.1. The van der Waals surface area contributed by atoms with Crippen molar-refractivity contribution in [2.75, 3.05) is 33.4 Å². The van der Waals surface area contributed by atoms with Crippen LogP contribution in [0.5, 0.6) is 0 Å². The molecule has 0 aromatic heterocycles. The lowest BCUT2D eigenvalue weighted by atomic mass is 10.1. The molecule has 0 spiro atoms. The third-order valence-electron chi connectivity index (χ3n) is 3.40. The summed E-state index contributed by atoms with van der Waals surface area (Å²) < 4.78 is 12.5. The maximum atomic E-state index is 12.5. The monoisotopic (exact) mass is 186 g/mol. The second kappa shape index (κ2) is 3.54. The Balaban J connectivity index is 1.68. The molecule has 76 valence electrons. The summed E-state index contributed by atoms with van der Waals surface area (Å²) in [5.41, 5.74) is 0.0428. The summed E-state index contributed by atoms with van der Waals surface area (Å²) in [6, 6.07) is 0.606. The number of hydrogen-bond donors (Lipinski definition) is 1. The van der Waals surface area contributed by atoms with Crippen LogP contribution in [0.15, 0.2) is 0 Å². The van der Waals surface area contributed by atoms with Crippen molar-refractivity contribution >= 4 is 0 Å². The number of hydrogen-bond acceptors (Lipinski definition) is 2. The molecule has 3 heteroatoms. The van der Waals surface area contributed by atoms with Gasteiger partial charge in [0.05, 0.1) is 6.67 Å². The number of nitrogens with one attached hydrogen (secondary N) is 1. The number of nitrogens with zero attached hydrogens (tertiary/aromatic N) is 1. The SMILES string of the molecule is CN1CC[C@@H](NCC2(CF)CC2)C1. The lowest BCUT2D eigenvalue weighted by Crippen LogP contribution is -2.36. The van der Waals surface area contributed by atoms with Gasteiger partial charge in [-0.1, -0.05) is 0 Å². The summed E-state index contributed by atoms with van der Waals surface area (Å²) in [7, 11) is 2.14. The summed E-state index contributed by atoms with van der Waals surface area (Å²) in [5, 5.41) is 3.48. The fourth-order valence-electron chi connectivity index (χ4n) is 2.00. The van der Waals surface area contributed by atoms with Crippen molar-refractivity contribution in [2.24, 2.45) is 5.41 Å². The van der Waals surface area contributed by atoms with Gasteiger partial charge < -0.3 is 10.2 Å². The molecule has 1 aliphatic carbocycles. The minimum absolute atomic E-state index is 0.0428. The van der Waals surface area contributed by atoms with Crippen LogP contribution >= 0.6 is 0 Å². The number of likely N-dealkylation sites (tertiary alicyclic amines) is 1. The van der Waals surface area contributed by atoms with E-state index in [-0.39, 0.29) is 12.1 Å². The van der Waals surface area contributed by atoms with E-state index in [0.29, 0.717) is 6.04 Å². The molecule has 1 heterocycles. The zero-order valence-corrected chi connectivity index (χ0v) is 8.35. The van der Waals surface area contributed by atoms with Gasteiger partial charge in [0.2, 0.25) is 0 Å². The first-order valence-electron chi connectivity index (χ1n) is 5.22. The number of halogens is 1. The van der Waals surface area contributed by atoms with Gasteiger partial charge in [0.25, 0.3) is 0 Å². The predicted octanol–water partition coefficient (Wildman–Crippen LogP) is 1.03. The van der Waals surface area contributed by atoms with Gasteiger partial charge in [0.15, 0.2) is 0 Å². The molecule has 0 aromatic carbocycles. The van der Waals surface area contributed by atoms with Gasteiger partial charge in [-0.2, -0.15) is 0 Å². The van der Waals surface area contributed by atoms with Gasteiger partial charge >= 0.3 is 0 Å². The lowest BCUT2D eigenvalue weighted by molar-refractivity contribution is 0.311. The molecule has 1 N–H and O–H groups in total. The van der Waals surface area contributed by atoms with Gasteiger partial charge in [0.1, 0.15) is 0 Å². The van der Waals surface area contributed by atoms with Crippen LogP contribution in [0.4, 0.5) is 4.39 Å². The normalized spacial score (nSPS) is 32.3. The Morgan fingerprint density at radius 2 is 2.31 bits per heavy atom. The average Bonchev–Trinajstić information content (AvgIpc) is 2.81. The van der Waals surface area contributed by atoms with E-state index < -0.39 is 0 Å². The molecule has 0 bridgehead atoms. The number of likely N-dealkylation sites (N-methyl/N-ethyl adjacent to an activating group) is 1. The van der Waals surface area contributed by atoms with E-state index in [9.17, 15) is 4.39 Å². The quantitative estimate of drug-likeness (QED) is 0.705. The number of alkyl halides is 1. The first kappa shape index (κ1) is 9.41. The maximum absolute atomic E-state index is 12.5. The third-order valence-corrected chi connectivity index (χ3v) is 3.40. The molecule has 2 fully saturated rings. The van der Waals surface area contributed by atoms with Crippen molar-refractivity contribution in [3.63, 3.8) is 0 Å². The summed E-state index contributed by atoms with van der Waals surface area (Å²) in [4.78, 5) is 2.33. The topological polar surface area (TPSA) is 15.3 Å². The zero-order chi connectivity index (χ0) is 9.31. The Morgan fingerprint density at radius 1 is 1.54 bits per heavy atom.